The van der Waals surface area contributed by atoms with Gasteiger partial charge in [-0.25, -0.2) is 8.42 Å². The van der Waals surface area contributed by atoms with E-state index in [0.717, 1.165) is 11.1 Å². The first-order chi connectivity index (χ1) is 10.7. The molecule has 0 radical (unpaired) electrons. The number of halogens is 1. The smallest absolute Gasteiger partial charge is 0.261 e. The quantitative estimate of drug-likeness (QED) is 0.855. The number of anilines is 1. The van der Waals surface area contributed by atoms with Crippen LogP contribution in [0.3, 0.4) is 0 Å². The van der Waals surface area contributed by atoms with Gasteiger partial charge < -0.3 is 4.74 Å². The largest absolute Gasteiger partial charge is 0.496 e. The number of sulfonamides is 1. The lowest BCUT2D eigenvalue weighted by Gasteiger charge is -2.15. The molecule has 4 nitrogen and oxygen atoms in total. The summed E-state index contributed by atoms with van der Waals surface area (Å²) in [6, 6.07) is 9.89. The van der Waals surface area contributed by atoms with E-state index in [1.807, 2.05) is 13.8 Å². The zero-order valence-electron chi connectivity index (χ0n) is 13.6. The van der Waals surface area contributed by atoms with Gasteiger partial charge in [-0.2, -0.15) is 0 Å². The molecule has 0 saturated carbocycles. The highest BCUT2D eigenvalue weighted by Gasteiger charge is 2.18. The highest BCUT2D eigenvalue weighted by Crippen LogP contribution is 2.30. The molecule has 0 spiro atoms. The minimum absolute atomic E-state index is 0.150. The molecule has 23 heavy (non-hydrogen) atoms. The Kier molecular flexibility index (Phi) is 5.22. The van der Waals surface area contributed by atoms with Crippen molar-refractivity contribution in [2.45, 2.75) is 31.6 Å². The fourth-order valence-electron chi connectivity index (χ4n) is 2.28. The monoisotopic (exact) mass is 353 g/mol. The summed E-state index contributed by atoms with van der Waals surface area (Å²) in [5.74, 6) is 0.832. The molecule has 0 aromatic heterocycles. The van der Waals surface area contributed by atoms with Crippen LogP contribution in [0.25, 0.3) is 0 Å². The third-order valence-electron chi connectivity index (χ3n) is 3.57. The van der Waals surface area contributed by atoms with E-state index in [9.17, 15) is 8.42 Å². The molecule has 0 bridgehead atoms. The van der Waals surface area contributed by atoms with Crippen molar-refractivity contribution in [3.63, 3.8) is 0 Å². The number of hydrogen-bond donors (Lipinski definition) is 1. The van der Waals surface area contributed by atoms with Gasteiger partial charge in [-0.05, 0) is 60.4 Å². The van der Waals surface area contributed by atoms with Crippen molar-refractivity contribution < 1.29 is 13.2 Å². The third-order valence-corrected chi connectivity index (χ3v) is 5.16. The van der Waals surface area contributed by atoms with Gasteiger partial charge in [0.25, 0.3) is 10.0 Å². The average molecular weight is 354 g/mol. The molecule has 0 fully saturated rings. The van der Waals surface area contributed by atoms with Gasteiger partial charge >= 0.3 is 0 Å². The Morgan fingerprint density at radius 2 is 1.83 bits per heavy atom. The van der Waals surface area contributed by atoms with E-state index in [-0.39, 0.29) is 10.8 Å². The predicted molar refractivity (Wildman–Crippen MR) is 94.1 cm³/mol. The number of ether oxygens (including phenoxy) is 1. The van der Waals surface area contributed by atoms with Gasteiger partial charge in [0, 0.05) is 5.02 Å². The van der Waals surface area contributed by atoms with Crippen LogP contribution in [0, 0.1) is 6.92 Å². The summed E-state index contributed by atoms with van der Waals surface area (Å²) in [5.41, 5.74) is 2.12. The van der Waals surface area contributed by atoms with Crippen molar-refractivity contribution in [1.82, 2.24) is 0 Å². The lowest BCUT2D eigenvalue weighted by molar-refractivity contribution is 0.407. The van der Waals surface area contributed by atoms with Crippen LogP contribution in [0.2, 0.25) is 5.02 Å². The fraction of sp³-hybridized carbons (Fsp3) is 0.294. The Labute approximate surface area is 142 Å². The topological polar surface area (TPSA) is 55.4 Å². The molecule has 0 amide bonds. The average Bonchev–Trinajstić information content (AvgIpc) is 2.49. The Morgan fingerprint density at radius 1 is 1.13 bits per heavy atom. The second-order valence-electron chi connectivity index (χ2n) is 5.62. The van der Waals surface area contributed by atoms with Crippen LogP contribution in [0.5, 0.6) is 5.75 Å². The molecule has 0 atom stereocenters. The SMILES string of the molecule is COc1ccc(S(=O)(=O)Nc2ccc(Cl)cc2C)cc1C(C)C. The lowest BCUT2D eigenvalue weighted by Crippen LogP contribution is -2.14. The minimum Gasteiger partial charge on any atom is -0.496 e. The Bertz CT molecular complexity index is 817. The number of nitrogens with one attached hydrogen (secondary N) is 1. The first-order valence-electron chi connectivity index (χ1n) is 7.21. The maximum absolute atomic E-state index is 12.6. The molecule has 2 rings (SSSR count). The standard InChI is InChI=1S/C17H20ClNO3S/c1-11(2)15-10-14(6-8-17(15)22-4)23(20,21)19-16-7-5-13(18)9-12(16)3/h5-11,19H,1-4H3. The van der Waals surface area contributed by atoms with E-state index in [1.54, 1.807) is 44.4 Å². The van der Waals surface area contributed by atoms with E-state index in [2.05, 4.69) is 4.72 Å². The van der Waals surface area contributed by atoms with Crippen molar-refractivity contribution in [2.75, 3.05) is 11.8 Å². The van der Waals surface area contributed by atoms with E-state index >= 15 is 0 Å². The summed E-state index contributed by atoms with van der Waals surface area (Å²) in [5, 5.41) is 0.567. The normalized spacial score (nSPS) is 11.6. The third kappa shape index (κ3) is 3.98. The summed E-state index contributed by atoms with van der Waals surface area (Å²) < 4.78 is 33.2. The molecule has 0 saturated heterocycles. The van der Waals surface area contributed by atoms with Gasteiger partial charge in [0.05, 0.1) is 17.7 Å². The maximum atomic E-state index is 12.6. The summed E-state index contributed by atoms with van der Waals surface area (Å²) in [6.45, 7) is 5.79. The molecular formula is C17H20ClNO3S. The van der Waals surface area contributed by atoms with Crippen molar-refractivity contribution >= 4 is 27.3 Å². The van der Waals surface area contributed by atoms with Crippen molar-refractivity contribution in [3.8, 4) is 5.75 Å². The molecule has 124 valence electrons. The van der Waals surface area contributed by atoms with Crippen molar-refractivity contribution in [2.24, 2.45) is 0 Å². The second kappa shape index (κ2) is 6.81. The predicted octanol–water partition coefficient (Wildman–Crippen LogP) is 4.58. The van der Waals surface area contributed by atoms with E-state index in [4.69, 9.17) is 16.3 Å². The van der Waals surface area contributed by atoms with Gasteiger partial charge in [-0.3, -0.25) is 4.72 Å². The van der Waals surface area contributed by atoms with Gasteiger partial charge in [-0.15, -0.1) is 0 Å². The van der Waals surface area contributed by atoms with E-state index in [1.165, 1.54) is 6.07 Å². The molecule has 0 aliphatic heterocycles. The number of methoxy groups -OCH3 is 1. The van der Waals surface area contributed by atoms with Crippen LogP contribution in [0.15, 0.2) is 41.3 Å². The van der Waals surface area contributed by atoms with E-state index in [0.29, 0.717) is 16.5 Å². The maximum Gasteiger partial charge on any atom is 0.261 e. The van der Waals surface area contributed by atoms with Gasteiger partial charge in [-0.1, -0.05) is 25.4 Å². The number of hydrogen-bond acceptors (Lipinski definition) is 3. The molecule has 6 heteroatoms. The molecular weight excluding hydrogens is 334 g/mol. The van der Waals surface area contributed by atoms with Crippen LogP contribution in [0.4, 0.5) is 5.69 Å². The van der Waals surface area contributed by atoms with Crippen LogP contribution in [0.1, 0.15) is 30.9 Å². The van der Waals surface area contributed by atoms with Crippen LogP contribution < -0.4 is 9.46 Å². The highest BCUT2D eigenvalue weighted by molar-refractivity contribution is 7.92. The molecule has 1 N–H and O–H groups in total. The Morgan fingerprint density at radius 3 is 2.39 bits per heavy atom. The van der Waals surface area contributed by atoms with Gasteiger partial charge in [0.1, 0.15) is 5.75 Å². The molecule has 0 heterocycles. The summed E-state index contributed by atoms with van der Waals surface area (Å²) in [4.78, 5) is 0.205. The Hall–Kier alpha value is -1.72. The first kappa shape index (κ1) is 17.6. The van der Waals surface area contributed by atoms with Crippen LogP contribution in [-0.2, 0) is 10.0 Å². The highest BCUT2D eigenvalue weighted by atomic mass is 35.5. The number of rotatable bonds is 5. The zero-order valence-corrected chi connectivity index (χ0v) is 15.1. The van der Waals surface area contributed by atoms with Crippen molar-refractivity contribution in [1.29, 1.82) is 0 Å². The summed E-state index contributed by atoms with van der Waals surface area (Å²) in [6.07, 6.45) is 0. The van der Waals surface area contributed by atoms with E-state index < -0.39 is 10.0 Å². The van der Waals surface area contributed by atoms with Crippen LogP contribution in [-0.4, -0.2) is 15.5 Å². The first-order valence-corrected chi connectivity index (χ1v) is 9.07. The second-order valence-corrected chi connectivity index (χ2v) is 7.74. The fourth-order valence-corrected chi connectivity index (χ4v) is 3.67. The number of aryl methyl sites for hydroxylation is 1. The molecule has 2 aromatic carbocycles. The lowest BCUT2D eigenvalue weighted by atomic mass is 10.0. The van der Waals surface area contributed by atoms with Gasteiger partial charge in [0.15, 0.2) is 0 Å². The zero-order chi connectivity index (χ0) is 17.2. The minimum atomic E-state index is -3.68. The molecule has 0 aliphatic carbocycles. The summed E-state index contributed by atoms with van der Waals surface area (Å²) in [7, 11) is -2.10. The number of benzene rings is 2. The van der Waals surface area contributed by atoms with Crippen LogP contribution >= 0.6 is 11.6 Å². The molecule has 0 aliphatic rings. The summed E-state index contributed by atoms with van der Waals surface area (Å²) >= 11 is 5.90. The molecule has 0 unspecified atom stereocenters. The van der Waals surface area contributed by atoms with Gasteiger partial charge in [0.2, 0.25) is 0 Å². The van der Waals surface area contributed by atoms with Crippen molar-refractivity contribution in [3.05, 3.63) is 52.5 Å². The Balaban J connectivity index is 2.41. The molecule has 2 aromatic rings.